The van der Waals surface area contributed by atoms with Crippen LogP contribution < -0.4 is 5.56 Å². The maximum atomic E-state index is 13.2. The lowest BCUT2D eigenvalue weighted by Crippen LogP contribution is -2.41. The van der Waals surface area contributed by atoms with E-state index in [-0.39, 0.29) is 18.0 Å². The Labute approximate surface area is 180 Å². The number of fused-ring (bicyclic) bond motifs is 1. The Kier molecular flexibility index (Phi) is 7.46. The van der Waals surface area contributed by atoms with E-state index in [1.807, 2.05) is 29.7 Å². The zero-order valence-electron chi connectivity index (χ0n) is 17.2. The van der Waals surface area contributed by atoms with E-state index < -0.39 is 5.97 Å². The van der Waals surface area contributed by atoms with Gasteiger partial charge in [-0.05, 0) is 63.3 Å². The van der Waals surface area contributed by atoms with E-state index in [0.29, 0.717) is 24.3 Å². The average molecular weight is 464 g/mol. The molecule has 0 aliphatic carbocycles. The molecule has 0 unspecified atom stereocenters. The molecule has 29 heavy (non-hydrogen) atoms. The zero-order valence-corrected chi connectivity index (χ0v) is 18.8. The number of carboxylic acid groups (broad SMARTS) is 1. The first kappa shape index (κ1) is 22.0. The van der Waals surface area contributed by atoms with Crippen LogP contribution in [0.5, 0.6) is 0 Å². The van der Waals surface area contributed by atoms with Gasteiger partial charge in [0.1, 0.15) is 5.82 Å². The number of piperidine rings is 1. The Hall–Kier alpha value is -1.73. The molecule has 0 spiro atoms. The fourth-order valence-corrected chi connectivity index (χ4v) is 4.82. The summed E-state index contributed by atoms with van der Waals surface area (Å²) in [5.41, 5.74) is 0.743. The highest BCUT2D eigenvalue weighted by molar-refractivity contribution is 9.10. The van der Waals surface area contributed by atoms with Crippen molar-refractivity contribution in [1.29, 1.82) is 0 Å². The van der Waals surface area contributed by atoms with Crippen molar-refractivity contribution in [2.75, 3.05) is 13.1 Å². The highest BCUT2D eigenvalue weighted by Crippen LogP contribution is 2.31. The lowest BCUT2D eigenvalue weighted by Gasteiger charge is -2.38. The van der Waals surface area contributed by atoms with E-state index in [1.54, 1.807) is 0 Å². The van der Waals surface area contributed by atoms with Gasteiger partial charge in [-0.1, -0.05) is 29.3 Å². The number of likely N-dealkylation sites (tertiary alicyclic amines) is 1. The molecule has 1 fully saturated rings. The molecule has 6 nitrogen and oxygen atoms in total. The van der Waals surface area contributed by atoms with Crippen LogP contribution >= 0.6 is 15.9 Å². The molecule has 0 bridgehead atoms. The number of carbonyl (C=O) groups is 1. The molecule has 2 atom stereocenters. The molecular formula is C22H30BrN3O3. The van der Waals surface area contributed by atoms with Gasteiger partial charge in [0.15, 0.2) is 0 Å². The van der Waals surface area contributed by atoms with Gasteiger partial charge in [0.05, 0.1) is 16.9 Å². The molecule has 1 aliphatic heterocycles. The van der Waals surface area contributed by atoms with E-state index in [4.69, 9.17) is 10.1 Å². The van der Waals surface area contributed by atoms with Crippen molar-refractivity contribution < 1.29 is 9.90 Å². The lowest BCUT2D eigenvalue weighted by atomic mass is 9.91. The largest absolute Gasteiger partial charge is 0.481 e. The minimum absolute atomic E-state index is 0.00865. The highest BCUT2D eigenvalue weighted by atomic mass is 79.9. The SMILES string of the molecule is CCC[C@@H](c1nc2ccc(Br)cc2c(=O)n1CC)N1CCC[C@@H](CCC(=O)O)C1. The molecule has 0 saturated carbocycles. The number of halogens is 1. The molecule has 2 aromatic rings. The fourth-order valence-electron chi connectivity index (χ4n) is 4.46. The summed E-state index contributed by atoms with van der Waals surface area (Å²) >= 11 is 3.45. The van der Waals surface area contributed by atoms with Crippen LogP contribution in [0.4, 0.5) is 0 Å². The Morgan fingerprint density at radius 1 is 1.38 bits per heavy atom. The minimum Gasteiger partial charge on any atom is -0.481 e. The predicted molar refractivity (Wildman–Crippen MR) is 118 cm³/mol. The van der Waals surface area contributed by atoms with Crippen molar-refractivity contribution in [1.82, 2.24) is 14.5 Å². The third-order valence-electron chi connectivity index (χ3n) is 5.88. The third kappa shape index (κ3) is 5.07. The summed E-state index contributed by atoms with van der Waals surface area (Å²) < 4.78 is 2.69. The highest BCUT2D eigenvalue weighted by Gasteiger charge is 2.30. The van der Waals surface area contributed by atoms with Crippen LogP contribution in [0.25, 0.3) is 10.9 Å². The number of hydrogen-bond donors (Lipinski definition) is 1. The summed E-state index contributed by atoms with van der Waals surface area (Å²) in [4.78, 5) is 31.5. The molecule has 7 heteroatoms. The normalized spacial score (nSPS) is 18.8. The Balaban J connectivity index is 1.98. The number of aliphatic carboxylic acids is 1. The van der Waals surface area contributed by atoms with Crippen molar-refractivity contribution in [2.24, 2.45) is 5.92 Å². The first-order valence-electron chi connectivity index (χ1n) is 10.6. The van der Waals surface area contributed by atoms with Crippen LogP contribution in [-0.2, 0) is 11.3 Å². The summed E-state index contributed by atoms with van der Waals surface area (Å²) in [6, 6.07) is 5.75. The van der Waals surface area contributed by atoms with Gasteiger partial charge >= 0.3 is 5.97 Å². The first-order valence-corrected chi connectivity index (χ1v) is 11.4. The molecule has 1 saturated heterocycles. The second kappa shape index (κ2) is 9.85. The molecule has 1 aromatic heterocycles. The zero-order chi connectivity index (χ0) is 21.0. The third-order valence-corrected chi connectivity index (χ3v) is 6.37. The predicted octanol–water partition coefficient (Wildman–Crippen LogP) is 4.60. The van der Waals surface area contributed by atoms with Crippen molar-refractivity contribution >= 4 is 32.8 Å². The van der Waals surface area contributed by atoms with Gasteiger partial charge in [-0.2, -0.15) is 0 Å². The molecule has 3 rings (SSSR count). The number of aromatic nitrogens is 2. The van der Waals surface area contributed by atoms with Crippen LogP contribution in [0.15, 0.2) is 27.5 Å². The van der Waals surface area contributed by atoms with Gasteiger partial charge < -0.3 is 5.11 Å². The van der Waals surface area contributed by atoms with E-state index in [1.165, 1.54) is 0 Å². The summed E-state index contributed by atoms with van der Waals surface area (Å²) in [5, 5.41) is 9.67. The first-order chi connectivity index (χ1) is 13.9. The Morgan fingerprint density at radius 3 is 2.86 bits per heavy atom. The number of hydrogen-bond acceptors (Lipinski definition) is 4. The Bertz CT molecular complexity index is 927. The molecule has 0 radical (unpaired) electrons. The van der Waals surface area contributed by atoms with Crippen LogP contribution in [0.1, 0.15) is 64.2 Å². The van der Waals surface area contributed by atoms with Crippen LogP contribution in [0.3, 0.4) is 0 Å². The number of benzene rings is 1. The maximum absolute atomic E-state index is 13.2. The summed E-state index contributed by atoms with van der Waals surface area (Å²) in [7, 11) is 0. The minimum atomic E-state index is -0.727. The van der Waals surface area contributed by atoms with Crippen LogP contribution in [0, 0.1) is 5.92 Å². The van der Waals surface area contributed by atoms with Crippen LogP contribution in [-0.4, -0.2) is 38.6 Å². The molecule has 1 N–H and O–H groups in total. The quantitative estimate of drug-likeness (QED) is 0.618. The van der Waals surface area contributed by atoms with Gasteiger partial charge in [-0.3, -0.25) is 19.1 Å². The van der Waals surface area contributed by atoms with Crippen LogP contribution in [0.2, 0.25) is 0 Å². The van der Waals surface area contributed by atoms with Gasteiger partial charge in [-0.25, -0.2) is 4.98 Å². The van der Waals surface area contributed by atoms with E-state index in [0.717, 1.165) is 54.6 Å². The van der Waals surface area contributed by atoms with E-state index >= 15 is 0 Å². The number of carboxylic acids is 1. The van der Waals surface area contributed by atoms with Crippen molar-refractivity contribution in [2.45, 2.75) is 65.0 Å². The lowest BCUT2D eigenvalue weighted by molar-refractivity contribution is -0.137. The smallest absolute Gasteiger partial charge is 0.303 e. The van der Waals surface area contributed by atoms with Gasteiger partial charge in [0.2, 0.25) is 0 Å². The van der Waals surface area contributed by atoms with E-state index in [9.17, 15) is 9.59 Å². The second-order valence-electron chi connectivity index (χ2n) is 7.92. The number of nitrogens with zero attached hydrogens (tertiary/aromatic N) is 3. The second-order valence-corrected chi connectivity index (χ2v) is 8.84. The summed E-state index contributed by atoms with van der Waals surface area (Å²) in [5.74, 6) is 0.500. The monoisotopic (exact) mass is 463 g/mol. The topological polar surface area (TPSA) is 75.4 Å². The molecular weight excluding hydrogens is 434 g/mol. The molecule has 158 valence electrons. The van der Waals surface area contributed by atoms with Gasteiger partial charge in [0.25, 0.3) is 5.56 Å². The molecule has 1 aliphatic rings. The average Bonchev–Trinajstić information content (AvgIpc) is 2.71. The van der Waals surface area contributed by atoms with Crippen molar-refractivity contribution in [3.63, 3.8) is 0 Å². The van der Waals surface area contributed by atoms with Crippen molar-refractivity contribution in [3.05, 3.63) is 38.9 Å². The molecule has 1 aromatic carbocycles. The fraction of sp³-hybridized carbons (Fsp3) is 0.591. The Morgan fingerprint density at radius 2 is 2.17 bits per heavy atom. The van der Waals surface area contributed by atoms with Gasteiger partial charge in [-0.15, -0.1) is 0 Å². The molecule has 0 amide bonds. The molecule has 2 heterocycles. The summed E-state index contributed by atoms with van der Waals surface area (Å²) in [6.45, 7) is 6.57. The maximum Gasteiger partial charge on any atom is 0.303 e. The van der Waals surface area contributed by atoms with Crippen molar-refractivity contribution in [3.8, 4) is 0 Å². The number of rotatable bonds is 8. The summed E-state index contributed by atoms with van der Waals surface area (Å²) in [6.07, 6.45) is 4.99. The standard InChI is InChI=1S/C22H30BrN3O3/c1-3-6-19(25-12-5-7-15(14-25)8-11-20(27)28)21-24-18-10-9-16(23)13-17(18)22(29)26(21)4-2/h9-10,13,15,19H,3-8,11-12,14H2,1-2H3,(H,27,28)/t15-,19-/m0/s1. The van der Waals surface area contributed by atoms with Gasteiger partial charge in [0, 0.05) is 24.0 Å². The van der Waals surface area contributed by atoms with E-state index in [2.05, 4.69) is 27.8 Å².